The number of anilines is 1. The average molecular weight is 261 g/mol. The zero-order valence-electron chi connectivity index (χ0n) is 11.7. The lowest BCUT2D eigenvalue weighted by molar-refractivity contribution is -0.131. The molecule has 2 atom stereocenters. The van der Waals surface area contributed by atoms with Gasteiger partial charge in [-0.2, -0.15) is 0 Å². The normalized spacial score (nSPS) is 25.7. The lowest BCUT2D eigenvalue weighted by Gasteiger charge is -2.45. The summed E-state index contributed by atoms with van der Waals surface area (Å²) < 4.78 is 0. The van der Waals surface area contributed by atoms with Gasteiger partial charge in [-0.3, -0.25) is 14.6 Å². The second kappa shape index (κ2) is 4.64. The van der Waals surface area contributed by atoms with E-state index in [1.54, 1.807) is 24.3 Å². The Balaban J connectivity index is 2.57. The number of carbonyl (C=O) groups is 2. The van der Waals surface area contributed by atoms with E-state index in [2.05, 4.69) is 10.3 Å². The number of fused-ring (bicyclic) bond motifs is 1. The number of hydrogen-bond donors (Lipinski definition) is 1. The molecule has 0 bridgehead atoms. The van der Waals surface area contributed by atoms with Gasteiger partial charge in [0.15, 0.2) is 0 Å². The molecule has 0 spiro atoms. The van der Waals surface area contributed by atoms with E-state index >= 15 is 0 Å². The Hall–Kier alpha value is -1.91. The van der Waals surface area contributed by atoms with Gasteiger partial charge in [-0.05, 0) is 31.9 Å². The first-order valence-corrected chi connectivity index (χ1v) is 6.36. The van der Waals surface area contributed by atoms with Gasteiger partial charge in [0.25, 0.3) is 0 Å². The van der Waals surface area contributed by atoms with E-state index in [1.165, 1.54) is 6.92 Å². The number of nitrogens with one attached hydrogen (secondary N) is 1. The van der Waals surface area contributed by atoms with Crippen molar-refractivity contribution >= 4 is 17.5 Å². The number of pyridine rings is 1. The monoisotopic (exact) mass is 261 g/mol. The molecule has 0 saturated heterocycles. The number of rotatable bonds is 1. The first kappa shape index (κ1) is 13.5. The lowest BCUT2D eigenvalue weighted by Crippen LogP contribution is -2.57. The minimum Gasteiger partial charge on any atom is -0.359 e. The molecule has 0 saturated carbocycles. The van der Waals surface area contributed by atoms with Crippen LogP contribution in [0.2, 0.25) is 0 Å². The highest BCUT2D eigenvalue weighted by Crippen LogP contribution is 2.40. The minimum atomic E-state index is -0.630. The summed E-state index contributed by atoms with van der Waals surface area (Å²) in [4.78, 5) is 29.9. The van der Waals surface area contributed by atoms with Gasteiger partial charge in [0.05, 0.1) is 17.3 Å². The van der Waals surface area contributed by atoms with E-state index in [0.717, 1.165) is 11.3 Å². The topological polar surface area (TPSA) is 62.3 Å². The maximum absolute atomic E-state index is 12.2. The van der Waals surface area contributed by atoms with Crippen LogP contribution in [0.15, 0.2) is 18.5 Å². The number of carbonyl (C=O) groups excluding carboxylic acids is 2. The zero-order valence-corrected chi connectivity index (χ0v) is 11.7. The van der Waals surface area contributed by atoms with Crippen molar-refractivity contribution in [3.63, 3.8) is 0 Å². The van der Waals surface area contributed by atoms with Crippen molar-refractivity contribution in [1.29, 1.82) is 0 Å². The Kier molecular flexibility index (Phi) is 3.30. The Morgan fingerprint density at radius 1 is 1.53 bits per heavy atom. The molecule has 1 N–H and O–H groups in total. The molecule has 1 aliphatic rings. The van der Waals surface area contributed by atoms with Gasteiger partial charge in [0, 0.05) is 26.2 Å². The molecule has 0 aliphatic carbocycles. The highest BCUT2D eigenvalue weighted by molar-refractivity contribution is 5.96. The quantitative estimate of drug-likeness (QED) is 0.824. The van der Waals surface area contributed by atoms with Crippen LogP contribution < -0.4 is 10.2 Å². The molecule has 2 heterocycles. The van der Waals surface area contributed by atoms with Gasteiger partial charge >= 0.3 is 0 Å². The molecule has 0 radical (unpaired) electrons. The highest BCUT2D eigenvalue weighted by Gasteiger charge is 2.46. The molecule has 0 fully saturated rings. The number of hydrogen-bond acceptors (Lipinski definition) is 3. The summed E-state index contributed by atoms with van der Waals surface area (Å²) in [5.74, 6) is -0.120. The van der Waals surface area contributed by atoms with Gasteiger partial charge in [-0.1, -0.05) is 0 Å². The molecule has 5 nitrogen and oxygen atoms in total. The van der Waals surface area contributed by atoms with Crippen LogP contribution in [0.4, 0.5) is 5.69 Å². The van der Waals surface area contributed by atoms with Crippen LogP contribution in [-0.2, 0) is 16.0 Å². The Morgan fingerprint density at radius 3 is 2.79 bits per heavy atom. The van der Waals surface area contributed by atoms with Gasteiger partial charge in [-0.15, -0.1) is 0 Å². The number of amides is 2. The first-order valence-electron chi connectivity index (χ1n) is 6.36. The first-order chi connectivity index (χ1) is 8.91. The predicted molar refractivity (Wildman–Crippen MR) is 72.7 cm³/mol. The number of nitrogens with zero attached hydrogens (tertiary/aromatic N) is 2. The highest BCUT2D eigenvalue weighted by atomic mass is 16.2. The van der Waals surface area contributed by atoms with Crippen molar-refractivity contribution in [1.82, 2.24) is 10.3 Å². The molecule has 2 rings (SSSR count). The molecule has 0 aromatic carbocycles. The summed E-state index contributed by atoms with van der Waals surface area (Å²) in [6, 6.07) is 1.67. The Labute approximate surface area is 113 Å². The van der Waals surface area contributed by atoms with Crippen molar-refractivity contribution in [3.8, 4) is 0 Å². The maximum atomic E-state index is 12.2. The van der Waals surface area contributed by atoms with E-state index in [1.807, 2.05) is 19.9 Å². The van der Waals surface area contributed by atoms with Crippen LogP contribution in [0.25, 0.3) is 0 Å². The van der Waals surface area contributed by atoms with E-state index in [9.17, 15) is 9.59 Å². The molecule has 2 amide bonds. The van der Waals surface area contributed by atoms with Gasteiger partial charge < -0.3 is 10.2 Å². The molecular formula is C14H19N3O2. The van der Waals surface area contributed by atoms with E-state index in [4.69, 9.17) is 0 Å². The van der Waals surface area contributed by atoms with Crippen molar-refractivity contribution in [3.05, 3.63) is 24.0 Å². The third kappa shape index (κ3) is 1.99. The van der Waals surface area contributed by atoms with Crippen LogP contribution in [0.5, 0.6) is 0 Å². The molecule has 5 heteroatoms. The second-order valence-electron chi connectivity index (χ2n) is 5.24. The van der Waals surface area contributed by atoms with Crippen molar-refractivity contribution < 1.29 is 9.59 Å². The fourth-order valence-electron chi connectivity index (χ4n) is 2.82. The van der Waals surface area contributed by atoms with Crippen molar-refractivity contribution in [2.75, 3.05) is 11.9 Å². The van der Waals surface area contributed by atoms with Crippen LogP contribution in [0.3, 0.4) is 0 Å². The summed E-state index contributed by atoms with van der Waals surface area (Å²) in [7, 11) is 1.63. The lowest BCUT2D eigenvalue weighted by atomic mass is 9.73. The standard InChI is InChI=1S/C14H19N3O2/c1-9-14(3,13(19)15-4)7-11-5-6-16-8-12(11)17(9)10(2)18/h5-6,8-9H,7H2,1-4H3,(H,15,19)/t9-,14-/m0/s1. The molecule has 1 aromatic rings. The third-order valence-electron chi connectivity index (χ3n) is 4.10. The maximum Gasteiger partial charge on any atom is 0.228 e. The fourth-order valence-corrected chi connectivity index (χ4v) is 2.82. The Morgan fingerprint density at radius 2 is 2.21 bits per heavy atom. The van der Waals surface area contributed by atoms with Crippen molar-refractivity contribution in [2.45, 2.75) is 33.2 Å². The Bertz CT molecular complexity index is 529. The molecule has 1 aromatic heterocycles. The molecule has 19 heavy (non-hydrogen) atoms. The smallest absolute Gasteiger partial charge is 0.228 e. The SMILES string of the molecule is CNC(=O)[C@@]1(C)Cc2ccncc2N(C(C)=O)[C@H]1C. The van der Waals surface area contributed by atoms with E-state index < -0.39 is 5.41 Å². The second-order valence-corrected chi connectivity index (χ2v) is 5.24. The summed E-state index contributed by atoms with van der Waals surface area (Å²) in [6.45, 7) is 5.32. The molecule has 0 unspecified atom stereocenters. The summed E-state index contributed by atoms with van der Waals surface area (Å²) in [5.41, 5.74) is 1.16. The van der Waals surface area contributed by atoms with Gasteiger partial charge in [-0.25, -0.2) is 0 Å². The predicted octanol–water partition coefficient (Wildman–Crippen LogP) is 1.13. The summed E-state index contributed by atoms with van der Waals surface area (Å²) >= 11 is 0. The van der Waals surface area contributed by atoms with Gasteiger partial charge in [0.2, 0.25) is 11.8 Å². The van der Waals surface area contributed by atoms with Crippen molar-refractivity contribution in [2.24, 2.45) is 5.41 Å². The average Bonchev–Trinajstić information content (AvgIpc) is 2.38. The minimum absolute atomic E-state index is 0.0475. The molecular weight excluding hydrogens is 242 g/mol. The van der Waals surface area contributed by atoms with E-state index in [-0.39, 0.29) is 17.9 Å². The van der Waals surface area contributed by atoms with Crippen LogP contribution in [0, 0.1) is 5.41 Å². The zero-order chi connectivity index (χ0) is 14.2. The fraction of sp³-hybridized carbons (Fsp3) is 0.500. The molecule has 102 valence electrons. The number of aromatic nitrogens is 1. The van der Waals surface area contributed by atoms with Crippen LogP contribution in [0.1, 0.15) is 26.3 Å². The van der Waals surface area contributed by atoms with Gasteiger partial charge in [0.1, 0.15) is 0 Å². The largest absolute Gasteiger partial charge is 0.359 e. The van der Waals surface area contributed by atoms with E-state index in [0.29, 0.717) is 6.42 Å². The third-order valence-corrected chi connectivity index (χ3v) is 4.10. The van der Waals surface area contributed by atoms with Crippen LogP contribution in [-0.4, -0.2) is 29.9 Å². The van der Waals surface area contributed by atoms with Crippen LogP contribution >= 0.6 is 0 Å². The molecule has 1 aliphatic heterocycles. The summed E-state index contributed by atoms with van der Waals surface area (Å²) in [6.07, 6.45) is 3.99. The summed E-state index contributed by atoms with van der Waals surface area (Å²) in [5, 5.41) is 2.70.